The fourth-order valence-electron chi connectivity index (χ4n) is 2.61. The molecule has 1 saturated heterocycles. The van der Waals surface area contributed by atoms with Crippen LogP contribution in [0.2, 0.25) is 0 Å². The lowest BCUT2D eigenvalue weighted by atomic mass is 10.1. The molecule has 2 aromatic rings. The number of hydrogen-bond acceptors (Lipinski definition) is 7. The molecular weight excluding hydrogens is 268 g/mol. The second-order valence-electron chi connectivity index (χ2n) is 5.54. The van der Waals surface area contributed by atoms with E-state index in [-0.39, 0.29) is 6.04 Å². The molecule has 1 aliphatic heterocycles. The van der Waals surface area contributed by atoms with Crippen molar-refractivity contribution >= 4 is 5.82 Å². The Bertz CT molecular complexity index is 640. The molecule has 21 heavy (non-hydrogen) atoms. The van der Waals surface area contributed by atoms with Gasteiger partial charge in [-0.3, -0.25) is 9.88 Å². The Morgan fingerprint density at radius 3 is 2.71 bits per heavy atom. The Labute approximate surface area is 124 Å². The summed E-state index contributed by atoms with van der Waals surface area (Å²) in [6, 6.07) is 0.0849. The van der Waals surface area contributed by atoms with Crippen LogP contribution in [0.4, 0.5) is 5.82 Å². The lowest BCUT2D eigenvalue weighted by Gasteiger charge is -2.38. The van der Waals surface area contributed by atoms with Crippen molar-refractivity contribution in [2.24, 2.45) is 0 Å². The SMILES string of the molecule is Cc1cnc(C)c(N2CCN(C)[C@@H](c3nc(C)no3)C2)n1. The predicted molar refractivity (Wildman–Crippen MR) is 78.1 cm³/mol. The maximum atomic E-state index is 5.35. The molecule has 1 fully saturated rings. The molecule has 0 aromatic carbocycles. The van der Waals surface area contributed by atoms with Gasteiger partial charge in [0.15, 0.2) is 5.82 Å². The second-order valence-corrected chi connectivity index (χ2v) is 5.54. The van der Waals surface area contributed by atoms with Gasteiger partial charge in [0.1, 0.15) is 11.9 Å². The summed E-state index contributed by atoms with van der Waals surface area (Å²) in [6.45, 7) is 8.40. The fraction of sp³-hybridized carbons (Fsp3) is 0.571. The monoisotopic (exact) mass is 288 g/mol. The smallest absolute Gasteiger partial charge is 0.245 e. The Morgan fingerprint density at radius 1 is 1.19 bits per heavy atom. The Kier molecular flexibility index (Phi) is 3.59. The summed E-state index contributed by atoms with van der Waals surface area (Å²) in [5.74, 6) is 2.28. The maximum absolute atomic E-state index is 5.35. The number of aryl methyl sites for hydroxylation is 3. The highest BCUT2D eigenvalue weighted by molar-refractivity contribution is 5.44. The first-order valence-corrected chi connectivity index (χ1v) is 7.10. The van der Waals surface area contributed by atoms with E-state index in [1.54, 1.807) is 6.20 Å². The molecule has 0 N–H and O–H groups in total. The van der Waals surface area contributed by atoms with Gasteiger partial charge in [-0.15, -0.1) is 0 Å². The first-order valence-electron chi connectivity index (χ1n) is 7.10. The van der Waals surface area contributed by atoms with E-state index in [0.29, 0.717) is 11.7 Å². The summed E-state index contributed by atoms with van der Waals surface area (Å²) in [5, 5.41) is 3.90. The largest absolute Gasteiger partial charge is 0.352 e. The van der Waals surface area contributed by atoms with Crippen molar-refractivity contribution in [1.29, 1.82) is 0 Å². The number of aromatic nitrogens is 4. The summed E-state index contributed by atoms with van der Waals surface area (Å²) < 4.78 is 5.35. The molecule has 112 valence electrons. The van der Waals surface area contributed by atoms with Crippen molar-refractivity contribution in [1.82, 2.24) is 25.0 Å². The van der Waals surface area contributed by atoms with Crippen molar-refractivity contribution in [2.75, 3.05) is 31.6 Å². The first-order chi connectivity index (χ1) is 10.0. The topological polar surface area (TPSA) is 71.2 Å². The molecule has 1 aliphatic rings. The van der Waals surface area contributed by atoms with Gasteiger partial charge in [-0.1, -0.05) is 5.16 Å². The minimum absolute atomic E-state index is 0.0849. The third-order valence-electron chi connectivity index (χ3n) is 3.83. The normalized spacial score (nSPS) is 20.0. The molecule has 0 unspecified atom stereocenters. The number of rotatable bonds is 2. The van der Waals surface area contributed by atoms with Crippen LogP contribution in [0.15, 0.2) is 10.7 Å². The van der Waals surface area contributed by atoms with E-state index in [0.717, 1.165) is 36.8 Å². The van der Waals surface area contributed by atoms with Gasteiger partial charge in [-0.25, -0.2) is 4.98 Å². The highest BCUT2D eigenvalue weighted by Crippen LogP contribution is 2.26. The number of hydrogen-bond donors (Lipinski definition) is 0. The summed E-state index contributed by atoms with van der Waals surface area (Å²) in [6.07, 6.45) is 1.80. The zero-order valence-electron chi connectivity index (χ0n) is 12.9. The van der Waals surface area contributed by atoms with Crippen molar-refractivity contribution in [3.05, 3.63) is 29.3 Å². The van der Waals surface area contributed by atoms with Gasteiger partial charge in [0.05, 0.1) is 11.4 Å². The van der Waals surface area contributed by atoms with E-state index < -0.39 is 0 Å². The van der Waals surface area contributed by atoms with Crippen LogP contribution in [0.25, 0.3) is 0 Å². The summed E-state index contributed by atoms with van der Waals surface area (Å²) in [7, 11) is 2.08. The molecule has 3 heterocycles. The van der Waals surface area contributed by atoms with E-state index in [2.05, 4.69) is 37.0 Å². The van der Waals surface area contributed by atoms with E-state index >= 15 is 0 Å². The molecule has 0 spiro atoms. The van der Waals surface area contributed by atoms with Gasteiger partial charge in [0, 0.05) is 25.8 Å². The zero-order chi connectivity index (χ0) is 15.0. The number of nitrogens with zero attached hydrogens (tertiary/aromatic N) is 6. The molecule has 2 aromatic heterocycles. The molecule has 0 aliphatic carbocycles. The third kappa shape index (κ3) is 2.73. The van der Waals surface area contributed by atoms with Crippen LogP contribution in [0.3, 0.4) is 0 Å². The van der Waals surface area contributed by atoms with Gasteiger partial charge in [0.2, 0.25) is 5.89 Å². The fourth-order valence-corrected chi connectivity index (χ4v) is 2.61. The molecule has 0 saturated carbocycles. The second kappa shape index (κ2) is 5.40. The van der Waals surface area contributed by atoms with E-state index in [1.165, 1.54) is 0 Å². The highest BCUT2D eigenvalue weighted by Gasteiger charge is 2.31. The van der Waals surface area contributed by atoms with Crippen LogP contribution < -0.4 is 4.90 Å². The van der Waals surface area contributed by atoms with E-state index in [9.17, 15) is 0 Å². The highest BCUT2D eigenvalue weighted by atomic mass is 16.5. The Morgan fingerprint density at radius 2 is 2.00 bits per heavy atom. The lowest BCUT2D eigenvalue weighted by Crippen LogP contribution is -2.47. The van der Waals surface area contributed by atoms with Gasteiger partial charge < -0.3 is 9.42 Å². The van der Waals surface area contributed by atoms with E-state index in [4.69, 9.17) is 4.52 Å². The minimum atomic E-state index is 0.0849. The zero-order valence-corrected chi connectivity index (χ0v) is 12.9. The summed E-state index contributed by atoms with van der Waals surface area (Å²) >= 11 is 0. The number of likely N-dealkylation sites (N-methyl/N-ethyl adjacent to an activating group) is 1. The number of anilines is 1. The average Bonchev–Trinajstić information content (AvgIpc) is 2.89. The van der Waals surface area contributed by atoms with Crippen molar-refractivity contribution in [2.45, 2.75) is 26.8 Å². The van der Waals surface area contributed by atoms with Gasteiger partial charge in [-0.05, 0) is 27.8 Å². The minimum Gasteiger partial charge on any atom is -0.352 e. The Balaban J connectivity index is 1.87. The van der Waals surface area contributed by atoms with Gasteiger partial charge >= 0.3 is 0 Å². The first kappa shape index (κ1) is 13.9. The molecule has 7 heteroatoms. The van der Waals surface area contributed by atoms with Crippen LogP contribution in [0, 0.1) is 20.8 Å². The maximum Gasteiger partial charge on any atom is 0.245 e. The molecule has 1 atom stereocenters. The van der Waals surface area contributed by atoms with Crippen LogP contribution >= 0.6 is 0 Å². The molecule has 0 amide bonds. The van der Waals surface area contributed by atoms with Crippen LogP contribution in [0.5, 0.6) is 0 Å². The number of piperazine rings is 1. The standard InChI is InChI=1S/C14H20N6O/c1-9-7-15-10(2)13(16-9)20-6-5-19(4)12(8-20)14-17-11(3)18-21-14/h7,12H,5-6,8H2,1-4H3/t12-/m1/s1. The summed E-state index contributed by atoms with van der Waals surface area (Å²) in [5.41, 5.74) is 1.88. The molecule has 7 nitrogen and oxygen atoms in total. The van der Waals surface area contributed by atoms with Crippen LogP contribution in [-0.4, -0.2) is 51.7 Å². The molecule has 0 bridgehead atoms. The van der Waals surface area contributed by atoms with Crippen molar-refractivity contribution < 1.29 is 4.52 Å². The van der Waals surface area contributed by atoms with Crippen molar-refractivity contribution in [3.8, 4) is 0 Å². The summed E-state index contributed by atoms with van der Waals surface area (Å²) in [4.78, 5) is 17.9. The van der Waals surface area contributed by atoms with Crippen molar-refractivity contribution in [3.63, 3.8) is 0 Å². The molecular formula is C14H20N6O. The lowest BCUT2D eigenvalue weighted by molar-refractivity contribution is 0.177. The van der Waals surface area contributed by atoms with Crippen LogP contribution in [0.1, 0.15) is 29.1 Å². The average molecular weight is 288 g/mol. The third-order valence-corrected chi connectivity index (χ3v) is 3.83. The molecule has 3 rings (SSSR count). The van der Waals surface area contributed by atoms with Gasteiger partial charge in [0.25, 0.3) is 0 Å². The van der Waals surface area contributed by atoms with E-state index in [1.807, 2.05) is 20.8 Å². The molecule has 0 radical (unpaired) electrons. The van der Waals surface area contributed by atoms with Gasteiger partial charge in [-0.2, -0.15) is 4.98 Å². The quantitative estimate of drug-likeness (QED) is 0.824. The Hall–Kier alpha value is -2.02. The van der Waals surface area contributed by atoms with Crippen LogP contribution in [-0.2, 0) is 0 Å². The predicted octanol–water partition coefficient (Wildman–Crippen LogP) is 1.28.